The number of hydrogen-bond donors (Lipinski definition) is 0. The van der Waals surface area contributed by atoms with Gasteiger partial charge >= 0.3 is 5.97 Å². The SMILES string of the molecule is Cc1ccc(C(=O)Cc2ccc(OC(=O)c3ccc(OCC[n+]4ccc(N(C)C)cc4)cc3)c(C)c2C)cc1. The average Bonchev–Trinajstić information content (AvgIpc) is 2.93. The van der Waals surface area contributed by atoms with Crippen LogP contribution in [0.3, 0.4) is 0 Å². The van der Waals surface area contributed by atoms with Crippen molar-refractivity contribution in [1.29, 1.82) is 0 Å². The zero-order valence-corrected chi connectivity index (χ0v) is 23.2. The third-order valence-corrected chi connectivity index (χ3v) is 6.88. The van der Waals surface area contributed by atoms with E-state index in [4.69, 9.17) is 9.47 Å². The molecule has 1 heterocycles. The average molecular weight is 524 g/mol. The Balaban J connectivity index is 1.32. The topological polar surface area (TPSA) is 59.7 Å². The molecule has 200 valence electrons. The minimum Gasteiger partial charge on any atom is -0.487 e. The zero-order chi connectivity index (χ0) is 27.9. The van der Waals surface area contributed by atoms with Gasteiger partial charge in [0.05, 0.1) is 5.56 Å². The molecule has 0 unspecified atom stereocenters. The molecule has 0 amide bonds. The smallest absolute Gasteiger partial charge is 0.343 e. The molecule has 0 atom stereocenters. The fourth-order valence-corrected chi connectivity index (χ4v) is 4.18. The largest absolute Gasteiger partial charge is 0.487 e. The van der Waals surface area contributed by atoms with E-state index in [0.29, 0.717) is 42.2 Å². The number of benzene rings is 3. The third kappa shape index (κ3) is 7.11. The van der Waals surface area contributed by atoms with Crippen molar-refractivity contribution in [3.05, 3.63) is 119 Å². The van der Waals surface area contributed by atoms with Crippen LogP contribution in [-0.2, 0) is 13.0 Å². The van der Waals surface area contributed by atoms with Crippen LogP contribution in [0.5, 0.6) is 11.5 Å². The second kappa shape index (κ2) is 12.4. The van der Waals surface area contributed by atoms with E-state index in [1.165, 1.54) is 0 Å². The van der Waals surface area contributed by atoms with Crippen molar-refractivity contribution in [1.82, 2.24) is 0 Å². The lowest BCUT2D eigenvalue weighted by atomic mass is 9.96. The highest BCUT2D eigenvalue weighted by atomic mass is 16.5. The third-order valence-electron chi connectivity index (χ3n) is 6.88. The normalized spacial score (nSPS) is 10.7. The molecule has 0 spiro atoms. The molecule has 39 heavy (non-hydrogen) atoms. The van der Waals surface area contributed by atoms with Crippen molar-refractivity contribution in [3.8, 4) is 11.5 Å². The van der Waals surface area contributed by atoms with Gasteiger partial charge in [-0.15, -0.1) is 0 Å². The summed E-state index contributed by atoms with van der Waals surface area (Å²) < 4.78 is 13.6. The molecule has 4 rings (SSSR count). The number of rotatable bonds is 10. The lowest BCUT2D eigenvalue weighted by Crippen LogP contribution is -2.35. The van der Waals surface area contributed by atoms with Crippen LogP contribution in [0.2, 0.25) is 0 Å². The molecular weight excluding hydrogens is 488 g/mol. The first kappa shape index (κ1) is 27.6. The van der Waals surface area contributed by atoms with E-state index in [0.717, 1.165) is 27.9 Å². The van der Waals surface area contributed by atoms with Gasteiger partial charge in [-0.1, -0.05) is 35.9 Å². The predicted octanol–water partition coefficient (Wildman–Crippen LogP) is 5.69. The number of aromatic nitrogens is 1. The first-order chi connectivity index (χ1) is 18.7. The van der Waals surface area contributed by atoms with Gasteiger partial charge in [-0.05, 0) is 67.8 Å². The number of nitrogens with zero attached hydrogens (tertiary/aromatic N) is 2. The zero-order valence-electron chi connectivity index (χ0n) is 23.2. The van der Waals surface area contributed by atoms with E-state index in [1.807, 2.05) is 77.6 Å². The Morgan fingerprint density at radius 2 is 1.41 bits per heavy atom. The number of aryl methyl sites for hydroxylation is 1. The summed E-state index contributed by atoms with van der Waals surface area (Å²) in [5.41, 5.74) is 6.10. The molecule has 0 saturated heterocycles. The Morgan fingerprint density at radius 1 is 0.769 bits per heavy atom. The van der Waals surface area contributed by atoms with Crippen LogP contribution in [0.15, 0.2) is 85.2 Å². The van der Waals surface area contributed by atoms with E-state index in [1.54, 1.807) is 30.3 Å². The van der Waals surface area contributed by atoms with Crippen LogP contribution in [0.1, 0.15) is 43.0 Å². The van der Waals surface area contributed by atoms with Gasteiger partial charge in [0, 0.05) is 43.9 Å². The Morgan fingerprint density at radius 3 is 2.05 bits per heavy atom. The molecule has 0 aliphatic rings. The number of ether oxygens (including phenoxy) is 2. The monoisotopic (exact) mass is 523 g/mol. The summed E-state index contributed by atoms with van der Waals surface area (Å²) >= 11 is 0. The number of anilines is 1. The minimum atomic E-state index is -0.441. The molecule has 0 aliphatic heterocycles. The molecule has 0 N–H and O–H groups in total. The molecule has 3 aromatic carbocycles. The number of pyridine rings is 1. The van der Waals surface area contributed by atoms with E-state index >= 15 is 0 Å². The maximum absolute atomic E-state index is 12.8. The highest BCUT2D eigenvalue weighted by molar-refractivity contribution is 5.97. The second-order valence-corrected chi connectivity index (χ2v) is 9.89. The highest BCUT2D eigenvalue weighted by Gasteiger charge is 2.16. The molecule has 0 fully saturated rings. The molecule has 0 aliphatic carbocycles. The number of carbonyl (C=O) groups is 2. The summed E-state index contributed by atoms with van der Waals surface area (Å²) in [7, 11) is 4.02. The Bertz CT molecular complexity index is 1440. The lowest BCUT2D eigenvalue weighted by Gasteiger charge is -2.14. The maximum atomic E-state index is 12.8. The van der Waals surface area contributed by atoms with Gasteiger partial charge in [0.15, 0.2) is 24.7 Å². The standard InChI is InChI=1S/C33H35N2O4/c1-23-6-8-26(9-7-23)31(36)22-28-12-15-32(25(3)24(28)2)39-33(37)27-10-13-30(14-11-27)38-21-20-35-18-16-29(17-19-35)34(4)5/h6-19H,20-22H2,1-5H3/q+1. The number of esters is 1. The Kier molecular flexibility index (Phi) is 8.77. The summed E-state index contributed by atoms with van der Waals surface area (Å²) in [4.78, 5) is 27.6. The molecule has 0 radical (unpaired) electrons. The van der Waals surface area contributed by atoms with E-state index in [2.05, 4.69) is 21.6 Å². The van der Waals surface area contributed by atoms with E-state index in [-0.39, 0.29) is 5.78 Å². The van der Waals surface area contributed by atoms with E-state index < -0.39 is 5.97 Å². The van der Waals surface area contributed by atoms with Crippen LogP contribution in [0.4, 0.5) is 5.69 Å². The van der Waals surface area contributed by atoms with Crippen molar-refractivity contribution in [2.45, 2.75) is 33.7 Å². The fourth-order valence-electron chi connectivity index (χ4n) is 4.18. The van der Waals surface area contributed by atoms with Crippen LogP contribution in [0, 0.1) is 20.8 Å². The van der Waals surface area contributed by atoms with E-state index in [9.17, 15) is 9.59 Å². The fraction of sp³-hybridized carbons (Fsp3) is 0.242. The van der Waals surface area contributed by atoms with Crippen molar-refractivity contribution in [2.75, 3.05) is 25.6 Å². The number of ketones is 1. The molecule has 6 nitrogen and oxygen atoms in total. The van der Waals surface area contributed by atoms with Gasteiger partial charge in [0.2, 0.25) is 0 Å². The highest BCUT2D eigenvalue weighted by Crippen LogP contribution is 2.26. The van der Waals surface area contributed by atoms with Crippen molar-refractivity contribution >= 4 is 17.4 Å². The Labute approximate surface area is 230 Å². The van der Waals surface area contributed by atoms with Crippen molar-refractivity contribution in [2.24, 2.45) is 0 Å². The predicted molar refractivity (Wildman–Crippen MR) is 153 cm³/mol. The van der Waals surface area contributed by atoms with Gasteiger partial charge in [-0.25, -0.2) is 9.36 Å². The van der Waals surface area contributed by atoms with Crippen LogP contribution < -0.4 is 18.9 Å². The molecule has 0 bridgehead atoms. The first-order valence-electron chi connectivity index (χ1n) is 13.0. The second-order valence-electron chi connectivity index (χ2n) is 9.89. The summed E-state index contributed by atoms with van der Waals surface area (Å²) in [6.45, 7) is 7.07. The number of hydrogen-bond acceptors (Lipinski definition) is 5. The van der Waals surface area contributed by atoms with Crippen molar-refractivity contribution in [3.63, 3.8) is 0 Å². The first-order valence-corrected chi connectivity index (χ1v) is 13.0. The van der Waals surface area contributed by atoms with Gasteiger partial charge in [-0.2, -0.15) is 0 Å². The van der Waals surface area contributed by atoms with Crippen LogP contribution >= 0.6 is 0 Å². The van der Waals surface area contributed by atoms with Crippen molar-refractivity contribution < 1.29 is 23.6 Å². The molecule has 1 aromatic heterocycles. The maximum Gasteiger partial charge on any atom is 0.343 e. The summed E-state index contributed by atoms with van der Waals surface area (Å²) in [5.74, 6) is 0.794. The molecule has 4 aromatic rings. The molecule has 6 heteroatoms. The molecular formula is C33H35N2O4+. The van der Waals surface area contributed by atoms with Crippen LogP contribution in [0.25, 0.3) is 0 Å². The Hall–Kier alpha value is -4.45. The lowest BCUT2D eigenvalue weighted by molar-refractivity contribution is -0.697. The van der Waals surface area contributed by atoms with Gasteiger partial charge in [0.1, 0.15) is 18.1 Å². The number of carbonyl (C=O) groups excluding carboxylic acids is 2. The molecule has 0 saturated carbocycles. The quantitative estimate of drug-likeness (QED) is 0.116. The summed E-state index contributed by atoms with van der Waals surface area (Å²) in [6.07, 6.45) is 4.34. The summed E-state index contributed by atoms with van der Waals surface area (Å²) in [5, 5.41) is 0. The van der Waals surface area contributed by atoms with Crippen LogP contribution in [-0.4, -0.2) is 32.5 Å². The van der Waals surface area contributed by atoms with Gasteiger partial charge in [0.25, 0.3) is 0 Å². The van der Waals surface area contributed by atoms with Gasteiger partial charge < -0.3 is 14.4 Å². The summed E-state index contributed by atoms with van der Waals surface area (Å²) in [6, 6.07) is 22.3. The van der Waals surface area contributed by atoms with Gasteiger partial charge in [-0.3, -0.25) is 4.79 Å². The number of Topliss-reactive ketones (excluding diaryl/α,β-unsaturated/α-hetero) is 1. The minimum absolute atomic E-state index is 0.0605.